The summed E-state index contributed by atoms with van der Waals surface area (Å²) in [5.74, 6) is -0.140. The van der Waals surface area contributed by atoms with Crippen LogP contribution in [0.3, 0.4) is 0 Å². The summed E-state index contributed by atoms with van der Waals surface area (Å²) in [5.41, 5.74) is -4.18. The number of alkyl carbamates (subject to hydrolysis) is 1. The lowest BCUT2D eigenvalue weighted by molar-refractivity contribution is -0.0328. The Labute approximate surface area is 132 Å². The molecule has 0 bridgehead atoms. The predicted molar refractivity (Wildman–Crippen MR) is 81.7 cm³/mol. The zero-order valence-corrected chi connectivity index (χ0v) is 13.6. The number of alkyl halides is 3. The maximum Gasteiger partial charge on any atom is 0.441 e. The van der Waals surface area contributed by atoms with E-state index < -0.39 is 23.2 Å². The van der Waals surface area contributed by atoms with Crippen LogP contribution < -0.4 is 5.32 Å². The van der Waals surface area contributed by atoms with Crippen LogP contribution in [0.2, 0.25) is 0 Å². The molecule has 3 nitrogen and oxygen atoms in total. The van der Waals surface area contributed by atoms with Crippen molar-refractivity contribution in [2.45, 2.75) is 44.3 Å². The average molecular weight is 335 g/mol. The number of carbonyl (C=O) groups excluding carboxylic acids is 1. The first-order valence-corrected chi connectivity index (χ1v) is 7.80. The molecule has 0 spiro atoms. The molecule has 1 aromatic carbocycles. The van der Waals surface area contributed by atoms with Gasteiger partial charge in [0.2, 0.25) is 0 Å². The van der Waals surface area contributed by atoms with Crippen molar-refractivity contribution in [1.82, 2.24) is 5.32 Å². The summed E-state index contributed by atoms with van der Waals surface area (Å²) in [7, 11) is 0. The molecule has 0 saturated heterocycles. The number of carbonyl (C=O) groups is 1. The van der Waals surface area contributed by atoms with E-state index in [0.717, 1.165) is 5.56 Å². The monoisotopic (exact) mass is 335 g/mol. The Bertz CT molecular complexity index is 472. The van der Waals surface area contributed by atoms with Crippen LogP contribution in [-0.4, -0.2) is 23.0 Å². The Morgan fingerprint density at radius 1 is 1.23 bits per heavy atom. The second-order valence-electron chi connectivity index (χ2n) is 5.69. The number of benzene rings is 1. The predicted octanol–water partition coefficient (Wildman–Crippen LogP) is 4.90. The molecule has 1 N–H and O–H groups in total. The Hall–Kier alpha value is -1.37. The molecule has 124 valence electrons. The van der Waals surface area contributed by atoms with Crippen LogP contribution in [0.4, 0.5) is 18.0 Å². The molecule has 1 atom stereocenters. The molecule has 1 rings (SSSR count). The van der Waals surface area contributed by atoms with E-state index in [1.54, 1.807) is 51.1 Å². The third kappa shape index (κ3) is 8.17. The Morgan fingerprint density at radius 3 is 2.32 bits per heavy atom. The van der Waals surface area contributed by atoms with Crippen molar-refractivity contribution in [1.29, 1.82) is 0 Å². The number of rotatable bonds is 5. The minimum absolute atomic E-state index is 0.0953. The number of halogens is 3. The van der Waals surface area contributed by atoms with E-state index in [2.05, 4.69) is 5.32 Å². The number of hydrogen-bond acceptors (Lipinski definition) is 3. The standard InChI is InChI=1S/C15H20F3NO2S/c1-14(2,3)21-13(20)19-12(9-10-22-15(16,17)18)11-7-5-4-6-8-11/h4-8,12H,9-10H2,1-3H3,(H,19,20). The Morgan fingerprint density at radius 2 is 1.82 bits per heavy atom. The number of nitrogens with one attached hydrogen (secondary N) is 1. The molecule has 0 radical (unpaired) electrons. The van der Waals surface area contributed by atoms with E-state index in [0.29, 0.717) is 0 Å². The molecule has 1 unspecified atom stereocenters. The van der Waals surface area contributed by atoms with Crippen molar-refractivity contribution in [3.63, 3.8) is 0 Å². The molecule has 22 heavy (non-hydrogen) atoms. The molecule has 0 aliphatic heterocycles. The lowest BCUT2D eigenvalue weighted by Crippen LogP contribution is -2.35. The SMILES string of the molecule is CC(C)(C)OC(=O)NC(CCSC(F)(F)F)c1ccccc1. The molecule has 7 heteroatoms. The fourth-order valence-electron chi connectivity index (χ4n) is 1.75. The smallest absolute Gasteiger partial charge is 0.441 e. The fourth-order valence-corrected chi connectivity index (χ4v) is 2.33. The van der Waals surface area contributed by atoms with Gasteiger partial charge in [-0.1, -0.05) is 42.1 Å². The highest BCUT2D eigenvalue weighted by atomic mass is 32.2. The van der Waals surface area contributed by atoms with Crippen LogP contribution in [0.5, 0.6) is 0 Å². The van der Waals surface area contributed by atoms with Crippen LogP contribution in [-0.2, 0) is 4.74 Å². The number of thioether (sulfide) groups is 1. The summed E-state index contributed by atoms with van der Waals surface area (Å²) in [6.45, 7) is 5.18. The van der Waals surface area contributed by atoms with Crippen molar-refractivity contribution >= 4 is 17.9 Å². The molecule has 1 amide bonds. The van der Waals surface area contributed by atoms with Gasteiger partial charge >= 0.3 is 11.6 Å². The Balaban J connectivity index is 2.69. The summed E-state index contributed by atoms with van der Waals surface area (Å²) >= 11 is -0.0953. The highest BCUT2D eigenvalue weighted by molar-refractivity contribution is 8.00. The van der Waals surface area contributed by atoms with Gasteiger partial charge in [0.25, 0.3) is 0 Å². The second kappa shape index (κ2) is 7.76. The van der Waals surface area contributed by atoms with Crippen molar-refractivity contribution in [2.75, 3.05) is 5.75 Å². The molecular weight excluding hydrogens is 315 g/mol. The minimum atomic E-state index is -4.27. The first-order chi connectivity index (χ1) is 10.1. The minimum Gasteiger partial charge on any atom is -0.444 e. The zero-order valence-electron chi connectivity index (χ0n) is 12.7. The van der Waals surface area contributed by atoms with Gasteiger partial charge in [0.1, 0.15) is 5.60 Å². The molecule has 0 heterocycles. The summed E-state index contributed by atoms with van der Waals surface area (Å²) in [6, 6.07) is 8.36. The highest BCUT2D eigenvalue weighted by Crippen LogP contribution is 2.32. The molecule has 0 aliphatic rings. The topological polar surface area (TPSA) is 38.3 Å². The summed E-state index contributed by atoms with van der Waals surface area (Å²) in [6.07, 6.45) is -0.480. The van der Waals surface area contributed by atoms with E-state index >= 15 is 0 Å². The molecule has 0 saturated carbocycles. The maximum absolute atomic E-state index is 12.2. The van der Waals surface area contributed by atoms with Crippen LogP contribution in [0, 0.1) is 0 Å². The van der Waals surface area contributed by atoms with Gasteiger partial charge in [-0.3, -0.25) is 0 Å². The van der Waals surface area contributed by atoms with Gasteiger partial charge in [0, 0.05) is 5.75 Å². The Kier molecular flexibility index (Phi) is 6.59. The van der Waals surface area contributed by atoms with Crippen LogP contribution in [0.15, 0.2) is 30.3 Å². The normalized spacial score (nSPS) is 13.5. The maximum atomic E-state index is 12.2. The average Bonchev–Trinajstić information content (AvgIpc) is 2.35. The van der Waals surface area contributed by atoms with Gasteiger partial charge in [-0.05, 0) is 32.8 Å². The van der Waals surface area contributed by atoms with Gasteiger partial charge in [-0.2, -0.15) is 13.2 Å². The molecule has 0 fully saturated rings. The van der Waals surface area contributed by atoms with Gasteiger partial charge in [0.05, 0.1) is 6.04 Å². The summed E-state index contributed by atoms with van der Waals surface area (Å²) in [5, 5.41) is 2.63. The first-order valence-electron chi connectivity index (χ1n) is 6.82. The quantitative estimate of drug-likeness (QED) is 0.832. The van der Waals surface area contributed by atoms with E-state index in [1.807, 2.05) is 0 Å². The lowest BCUT2D eigenvalue weighted by Gasteiger charge is -2.24. The lowest BCUT2D eigenvalue weighted by atomic mass is 10.1. The molecule has 1 aromatic rings. The molecule has 0 aromatic heterocycles. The third-order valence-electron chi connectivity index (χ3n) is 2.57. The number of ether oxygens (including phenoxy) is 1. The van der Waals surface area contributed by atoms with Crippen molar-refractivity contribution < 1.29 is 22.7 Å². The van der Waals surface area contributed by atoms with Gasteiger partial charge in [-0.15, -0.1) is 0 Å². The number of amides is 1. The second-order valence-corrected chi connectivity index (χ2v) is 6.85. The summed E-state index contributed by atoms with van der Waals surface area (Å²) in [4.78, 5) is 11.8. The van der Waals surface area contributed by atoms with Gasteiger partial charge in [0.15, 0.2) is 0 Å². The van der Waals surface area contributed by atoms with Crippen LogP contribution in [0.25, 0.3) is 0 Å². The largest absolute Gasteiger partial charge is 0.444 e. The number of hydrogen-bond donors (Lipinski definition) is 1. The zero-order chi connectivity index (χ0) is 16.8. The molecular formula is C15H20F3NO2S. The first kappa shape index (κ1) is 18.7. The van der Waals surface area contributed by atoms with E-state index in [4.69, 9.17) is 4.74 Å². The third-order valence-corrected chi connectivity index (χ3v) is 3.33. The summed E-state index contributed by atoms with van der Waals surface area (Å²) < 4.78 is 41.9. The van der Waals surface area contributed by atoms with Crippen molar-refractivity contribution in [3.8, 4) is 0 Å². The van der Waals surface area contributed by atoms with Crippen molar-refractivity contribution in [2.24, 2.45) is 0 Å². The fraction of sp³-hybridized carbons (Fsp3) is 0.533. The van der Waals surface area contributed by atoms with E-state index in [1.165, 1.54) is 0 Å². The highest BCUT2D eigenvalue weighted by Gasteiger charge is 2.29. The van der Waals surface area contributed by atoms with Gasteiger partial charge in [-0.25, -0.2) is 4.79 Å². The molecule has 0 aliphatic carbocycles. The van der Waals surface area contributed by atoms with Crippen LogP contribution in [0.1, 0.15) is 38.8 Å². The van der Waals surface area contributed by atoms with Crippen molar-refractivity contribution in [3.05, 3.63) is 35.9 Å². The van der Waals surface area contributed by atoms with Gasteiger partial charge < -0.3 is 10.1 Å². The van der Waals surface area contributed by atoms with E-state index in [-0.39, 0.29) is 23.9 Å². The van der Waals surface area contributed by atoms with E-state index in [9.17, 15) is 18.0 Å². The van der Waals surface area contributed by atoms with Crippen LogP contribution >= 0.6 is 11.8 Å².